The standard InChI is InChI=1S/C14H11Cl2NO2/c1-9-2-5-11(6-3-9)19-14(18)17-10-4-7-12(15)13(16)8-10/h2-8H,1H3,(H,17,18). The number of hydrogen-bond acceptors (Lipinski definition) is 2. The van der Waals surface area contributed by atoms with Crippen molar-refractivity contribution < 1.29 is 9.53 Å². The molecule has 0 heterocycles. The first-order valence-electron chi connectivity index (χ1n) is 5.55. The van der Waals surface area contributed by atoms with Crippen LogP contribution in [0.1, 0.15) is 5.56 Å². The summed E-state index contributed by atoms with van der Waals surface area (Å²) >= 11 is 11.6. The lowest BCUT2D eigenvalue weighted by Crippen LogP contribution is -2.16. The SMILES string of the molecule is Cc1ccc(OC(=O)Nc2ccc(Cl)c(Cl)c2)cc1. The van der Waals surface area contributed by atoms with Gasteiger partial charge in [-0.1, -0.05) is 40.9 Å². The van der Waals surface area contributed by atoms with Crippen molar-refractivity contribution in [3.05, 3.63) is 58.1 Å². The van der Waals surface area contributed by atoms with E-state index in [1.165, 1.54) is 0 Å². The van der Waals surface area contributed by atoms with E-state index in [4.69, 9.17) is 27.9 Å². The lowest BCUT2D eigenvalue weighted by molar-refractivity contribution is 0.215. The summed E-state index contributed by atoms with van der Waals surface area (Å²) in [5, 5.41) is 3.37. The number of anilines is 1. The number of rotatable bonds is 2. The quantitative estimate of drug-likeness (QED) is 0.854. The molecule has 5 heteroatoms. The van der Waals surface area contributed by atoms with Gasteiger partial charge in [-0.3, -0.25) is 5.32 Å². The number of hydrogen-bond donors (Lipinski definition) is 1. The van der Waals surface area contributed by atoms with E-state index >= 15 is 0 Å². The van der Waals surface area contributed by atoms with Gasteiger partial charge in [-0.25, -0.2) is 4.79 Å². The van der Waals surface area contributed by atoms with Crippen molar-refractivity contribution in [2.45, 2.75) is 6.92 Å². The summed E-state index contributed by atoms with van der Waals surface area (Å²) in [6.07, 6.45) is -0.581. The van der Waals surface area contributed by atoms with Crippen LogP contribution in [0.2, 0.25) is 10.0 Å². The molecule has 0 aromatic heterocycles. The molecule has 1 N–H and O–H groups in total. The van der Waals surface area contributed by atoms with Crippen LogP contribution in [0.3, 0.4) is 0 Å². The van der Waals surface area contributed by atoms with Crippen LogP contribution in [0.15, 0.2) is 42.5 Å². The number of benzene rings is 2. The topological polar surface area (TPSA) is 38.3 Å². The maximum Gasteiger partial charge on any atom is 0.417 e. The van der Waals surface area contributed by atoms with Crippen LogP contribution in [0.25, 0.3) is 0 Å². The summed E-state index contributed by atoms with van der Waals surface area (Å²) in [5.74, 6) is 0.475. The average Bonchev–Trinajstić information content (AvgIpc) is 2.37. The van der Waals surface area contributed by atoms with Gasteiger partial charge >= 0.3 is 6.09 Å². The molecule has 0 spiro atoms. The van der Waals surface area contributed by atoms with Crippen molar-refractivity contribution in [1.29, 1.82) is 0 Å². The first-order chi connectivity index (χ1) is 9.04. The van der Waals surface area contributed by atoms with E-state index in [2.05, 4.69) is 5.32 Å². The molecule has 0 atom stereocenters. The van der Waals surface area contributed by atoms with Gasteiger partial charge in [0.25, 0.3) is 0 Å². The van der Waals surface area contributed by atoms with E-state index in [-0.39, 0.29) is 0 Å². The molecule has 1 amide bonds. The molecule has 3 nitrogen and oxygen atoms in total. The molecule has 0 aliphatic carbocycles. The second-order valence-corrected chi connectivity index (χ2v) is 4.77. The minimum Gasteiger partial charge on any atom is -0.410 e. The molecule has 19 heavy (non-hydrogen) atoms. The highest BCUT2D eigenvalue weighted by atomic mass is 35.5. The van der Waals surface area contributed by atoms with Crippen LogP contribution in [-0.2, 0) is 0 Å². The Morgan fingerprint density at radius 3 is 2.37 bits per heavy atom. The first-order valence-corrected chi connectivity index (χ1v) is 6.31. The minimum atomic E-state index is -0.581. The molecular weight excluding hydrogens is 285 g/mol. The predicted molar refractivity (Wildman–Crippen MR) is 77.3 cm³/mol. The van der Waals surface area contributed by atoms with Gasteiger partial charge in [0.05, 0.1) is 10.0 Å². The highest BCUT2D eigenvalue weighted by molar-refractivity contribution is 6.42. The molecule has 0 aliphatic rings. The lowest BCUT2D eigenvalue weighted by atomic mass is 10.2. The number of carbonyl (C=O) groups excluding carboxylic acids is 1. The molecule has 0 saturated heterocycles. The number of aryl methyl sites for hydroxylation is 1. The van der Waals surface area contributed by atoms with Gasteiger partial charge in [-0.15, -0.1) is 0 Å². The Kier molecular flexibility index (Phi) is 4.30. The van der Waals surface area contributed by atoms with Crippen molar-refractivity contribution in [2.75, 3.05) is 5.32 Å². The Balaban J connectivity index is 2.01. The van der Waals surface area contributed by atoms with Gasteiger partial charge in [0.1, 0.15) is 5.75 Å². The van der Waals surface area contributed by atoms with Crippen LogP contribution < -0.4 is 10.1 Å². The molecule has 0 saturated carbocycles. The Bertz CT molecular complexity index is 597. The first kappa shape index (κ1) is 13.7. The number of amides is 1. The lowest BCUT2D eigenvalue weighted by Gasteiger charge is -2.07. The van der Waals surface area contributed by atoms with E-state index in [9.17, 15) is 4.79 Å². The predicted octanol–water partition coefficient (Wildman–Crippen LogP) is 4.91. The van der Waals surface area contributed by atoms with Crippen LogP contribution in [-0.4, -0.2) is 6.09 Å². The van der Waals surface area contributed by atoms with Crippen LogP contribution in [0, 0.1) is 6.92 Å². The molecular formula is C14H11Cl2NO2. The highest BCUT2D eigenvalue weighted by Crippen LogP contribution is 2.25. The van der Waals surface area contributed by atoms with E-state index in [0.717, 1.165) is 5.56 Å². The minimum absolute atomic E-state index is 0.370. The average molecular weight is 296 g/mol. The Morgan fingerprint density at radius 1 is 1.05 bits per heavy atom. The molecule has 2 aromatic carbocycles. The summed E-state index contributed by atoms with van der Waals surface area (Å²) in [5.41, 5.74) is 1.61. The molecule has 0 unspecified atom stereocenters. The zero-order chi connectivity index (χ0) is 13.8. The largest absolute Gasteiger partial charge is 0.417 e. The Morgan fingerprint density at radius 2 is 1.74 bits per heavy atom. The van der Waals surface area contributed by atoms with Gasteiger partial charge in [0.15, 0.2) is 0 Å². The number of halogens is 2. The summed E-state index contributed by atoms with van der Waals surface area (Å²) < 4.78 is 5.12. The normalized spacial score (nSPS) is 10.1. The third kappa shape index (κ3) is 3.88. The molecule has 0 aliphatic heterocycles. The third-order valence-electron chi connectivity index (χ3n) is 2.40. The highest BCUT2D eigenvalue weighted by Gasteiger charge is 2.06. The summed E-state index contributed by atoms with van der Waals surface area (Å²) in [4.78, 5) is 11.7. The van der Waals surface area contributed by atoms with E-state index < -0.39 is 6.09 Å². The molecule has 0 radical (unpaired) electrons. The maximum atomic E-state index is 11.7. The van der Waals surface area contributed by atoms with E-state index in [1.54, 1.807) is 30.3 Å². The van der Waals surface area contributed by atoms with Crippen LogP contribution >= 0.6 is 23.2 Å². The molecule has 98 valence electrons. The Labute approximate surface area is 121 Å². The zero-order valence-corrected chi connectivity index (χ0v) is 11.6. The van der Waals surface area contributed by atoms with Gasteiger partial charge < -0.3 is 4.74 Å². The van der Waals surface area contributed by atoms with Crippen molar-refractivity contribution in [2.24, 2.45) is 0 Å². The fraction of sp³-hybridized carbons (Fsp3) is 0.0714. The summed E-state index contributed by atoms with van der Waals surface area (Å²) in [6.45, 7) is 1.96. The monoisotopic (exact) mass is 295 g/mol. The van der Waals surface area contributed by atoms with E-state index in [0.29, 0.717) is 21.5 Å². The maximum absolute atomic E-state index is 11.7. The van der Waals surface area contributed by atoms with Crippen molar-refractivity contribution in [3.63, 3.8) is 0 Å². The summed E-state index contributed by atoms with van der Waals surface area (Å²) in [7, 11) is 0. The number of ether oxygens (including phenoxy) is 1. The fourth-order valence-corrected chi connectivity index (χ4v) is 1.73. The Hall–Kier alpha value is -1.71. The van der Waals surface area contributed by atoms with Crippen molar-refractivity contribution in [1.82, 2.24) is 0 Å². The number of carbonyl (C=O) groups is 1. The van der Waals surface area contributed by atoms with E-state index in [1.807, 2.05) is 19.1 Å². The van der Waals surface area contributed by atoms with Gasteiger partial charge in [0.2, 0.25) is 0 Å². The smallest absolute Gasteiger partial charge is 0.410 e. The van der Waals surface area contributed by atoms with Crippen molar-refractivity contribution in [3.8, 4) is 5.75 Å². The third-order valence-corrected chi connectivity index (χ3v) is 3.14. The summed E-state index contributed by atoms with van der Waals surface area (Å²) in [6, 6.07) is 12.0. The van der Waals surface area contributed by atoms with Gasteiger partial charge in [-0.05, 0) is 37.3 Å². The van der Waals surface area contributed by atoms with Gasteiger partial charge in [0, 0.05) is 5.69 Å². The molecule has 0 fully saturated rings. The molecule has 2 aromatic rings. The van der Waals surface area contributed by atoms with Crippen LogP contribution in [0.5, 0.6) is 5.75 Å². The van der Waals surface area contributed by atoms with Crippen molar-refractivity contribution >= 4 is 35.0 Å². The zero-order valence-electron chi connectivity index (χ0n) is 10.1. The fourth-order valence-electron chi connectivity index (χ4n) is 1.43. The number of nitrogens with one attached hydrogen (secondary N) is 1. The second kappa shape index (κ2) is 5.95. The second-order valence-electron chi connectivity index (χ2n) is 3.96. The van der Waals surface area contributed by atoms with Gasteiger partial charge in [-0.2, -0.15) is 0 Å². The van der Waals surface area contributed by atoms with Crippen LogP contribution in [0.4, 0.5) is 10.5 Å². The molecule has 0 bridgehead atoms. The molecule has 2 rings (SSSR count).